The summed E-state index contributed by atoms with van der Waals surface area (Å²) in [6, 6.07) is 33.3. The summed E-state index contributed by atoms with van der Waals surface area (Å²) in [6.45, 7) is 0. The van der Waals surface area contributed by atoms with E-state index in [0.717, 1.165) is 28.3 Å². The van der Waals surface area contributed by atoms with E-state index in [-0.39, 0.29) is 0 Å². The first-order valence-electron chi connectivity index (χ1n) is 9.61. The van der Waals surface area contributed by atoms with Crippen molar-refractivity contribution in [2.45, 2.75) is 0 Å². The number of ether oxygens (including phenoxy) is 1. The standard InChI is InChI=1S/C26H20N2O/c1-29-21-15-16-22-23(18-21)28(24-14-8-9-17-27-24)26(20-12-6-3-7-13-20)25(22)19-10-4-2-5-11-19/h2-18H,1H3. The number of hydrogen-bond acceptors (Lipinski definition) is 2. The lowest BCUT2D eigenvalue weighted by Crippen LogP contribution is -2.00. The number of pyridine rings is 1. The molecule has 5 aromatic rings. The molecule has 2 heterocycles. The van der Waals surface area contributed by atoms with Crippen LogP contribution in [-0.4, -0.2) is 16.7 Å². The molecule has 0 amide bonds. The number of hydrogen-bond donors (Lipinski definition) is 0. The molecular formula is C26H20N2O. The molecule has 0 bridgehead atoms. The number of aromatic nitrogens is 2. The van der Waals surface area contributed by atoms with Gasteiger partial charge in [0.05, 0.1) is 18.3 Å². The van der Waals surface area contributed by atoms with Crippen molar-refractivity contribution < 1.29 is 4.74 Å². The van der Waals surface area contributed by atoms with Crippen molar-refractivity contribution in [3.8, 4) is 34.0 Å². The van der Waals surface area contributed by atoms with Gasteiger partial charge in [-0.15, -0.1) is 0 Å². The lowest BCUT2D eigenvalue weighted by Gasteiger charge is -2.12. The van der Waals surface area contributed by atoms with Crippen molar-refractivity contribution in [1.29, 1.82) is 0 Å². The predicted molar refractivity (Wildman–Crippen MR) is 118 cm³/mol. The van der Waals surface area contributed by atoms with Crippen LogP contribution in [0.25, 0.3) is 39.1 Å². The molecule has 0 unspecified atom stereocenters. The monoisotopic (exact) mass is 376 g/mol. The molecule has 0 atom stereocenters. The highest BCUT2D eigenvalue weighted by atomic mass is 16.5. The SMILES string of the molecule is COc1ccc2c(-c3ccccc3)c(-c3ccccc3)n(-c3ccccn3)c2c1. The van der Waals surface area contributed by atoms with Gasteiger partial charge in [0.1, 0.15) is 11.6 Å². The summed E-state index contributed by atoms with van der Waals surface area (Å²) in [5.74, 6) is 1.71. The summed E-state index contributed by atoms with van der Waals surface area (Å²) in [5.41, 5.74) is 5.71. The van der Waals surface area contributed by atoms with Gasteiger partial charge in [0.15, 0.2) is 0 Å². The molecule has 3 aromatic carbocycles. The molecule has 3 heteroatoms. The fourth-order valence-electron chi connectivity index (χ4n) is 3.89. The smallest absolute Gasteiger partial charge is 0.137 e. The molecule has 5 rings (SSSR count). The summed E-state index contributed by atoms with van der Waals surface area (Å²) in [7, 11) is 1.70. The zero-order valence-electron chi connectivity index (χ0n) is 16.1. The number of benzene rings is 3. The second-order valence-corrected chi connectivity index (χ2v) is 6.86. The summed E-state index contributed by atoms with van der Waals surface area (Å²) in [4.78, 5) is 4.67. The van der Waals surface area contributed by atoms with Gasteiger partial charge < -0.3 is 4.74 Å². The fraction of sp³-hybridized carbons (Fsp3) is 0.0385. The molecule has 0 radical (unpaired) electrons. The van der Waals surface area contributed by atoms with Crippen LogP contribution in [0.15, 0.2) is 103 Å². The Balaban J connectivity index is 1.97. The predicted octanol–water partition coefficient (Wildman–Crippen LogP) is 6.37. The van der Waals surface area contributed by atoms with Crippen LogP contribution in [0.2, 0.25) is 0 Å². The van der Waals surface area contributed by atoms with Gasteiger partial charge in [0, 0.05) is 23.2 Å². The average Bonchev–Trinajstić information content (AvgIpc) is 3.15. The Bertz CT molecular complexity index is 1260. The first-order valence-corrected chi connectivity index (χ1v) is 9.61. The maximum atomic E-state index is 5.54. The lowest BCUT2D eigenvalue weighted by molar-refractivity contribution is 0.415. The highest BCUT2D eigenvalue weighted by molar-refractivity contribution is 6.06. The minimum Gasteiger partial charge on any atom is -0.497 e. The van der Waals surface area contributed by atoms with Crippen molar-refractivity contribution in [3.05, 3.63) is 103 Å². The minimum absolute atomic E-state index is 0.825. The molecule has 140 valence electrons. The van der Waals surface area contributed by atoms with E-state index < -0.39 is 0 Å². The quantitative estimate of drug-likeness (QED) is 0.364. The number of nitrogens with zero attached hydrogens (tertiary/aromatic N) is 2. The van der Waals surface area contributed by atoms with Crippen LogP contribution >= 0.6 is 0 Å². The molecule has 0 N–H and O–H groups in total. The molecule has 3 nitrogen and oxygen atoms in total. The third-order valence-electron chi connectivity index (χ3n) is 5.16. The third kappa shape index (κ3) is 2.97. The van der Waals surface area contributed by atoms with E-state index in [9.17, 15) is 0 Å². The van der Waals surface area contributed by atoms with Gasteiger partial charge in [0.2, 0.25) is 0 Å². The van der Waals surface area contributed by atoms with E-state index in [1.54, 1.807) is 7.11 Å². The second kappa shape index (κ2) is 7.28. The van der Waals surface area contributed by atoms with E-state index >= 15 is 0 Å². The zero-order chi connectivity index (χ0) is 19.6. The van der Waals surface area contributed by atoms with Crippen LogP contribution in [0, 0.1) is 0 Å². The molecule has 0 fully saturated rings. The van der Waals surface area contributed by atoms with Gasteiger partial charge in [-0.25, -0.2) is 4.98 Å². The van der Waals surface area contributed by atoms with Gasteiger partial charge >= 0.3 is 0 Å². The molecule has 0 aliphatic heterocycles. The van der Waals surface area contributed by atoms with E-state index in [2.05, 4.69) is 70.2 Å². The average molecular weight is 376 g/mol. The Labute approximate surface area is 169 Å². The van der Waals surface area contributed by atoms with Gasteiger partial charge in [-0.1, -0.05) is 66.7 Å². The van der Waals surface area contributed by atoms with Gasteiger partial charge in [0.25, 0.3) is 0 Å². The maximum absolute atomic E-state index is 5.54. The Morgan fingerprint density at radius 3 is 2.07 bits per heavy atom. The van der Waals surface area contributed by atoms with Crippen molar-refractivity contribution in [3.63, 3.8) is 0 Å². The molecular weight excluding hydrogens is 356 g/mol. The topological polar surface area (TPSA) is 27.1 Å². The Morgan fingerprint density at radius 1 is 0.724 bits per heavy atom. The minimum atomic E-state index is 0.825. The molecule has 0 spiro atoms. The third-order valence-corrected chi connectivity index (χ3v) is 5.16. The number of rotatable bonds is 4. The molecule has 0 saturated heterocycles. The Morgan fingerprint density at radius 2 is 1.41 bits per heavy atom. The van der Waals surface area contributed by atoms with E-state index in [4.69, 9.17) is 4.74 Å². The van der Waals surface area contributed by atoms with Gasteiger partial charge in [-0.05, 0) is 35.4 Å². The van der Waals surface area contributed by atoms with E-state index in [0.29, 0.717) is 0 Å². The van der Waals surface area contributed by atoms with Gasteiger partial charge in [-0.2, -0.15) is 0 Å². The summed E-state index contributed by atoms with van der Waals surface area (Å²) < 4.78 is 7.77. The van der Waals surface area contributed by atoms with Crippen LogP contribution in [-0.2, 0) is 0 Å². The van der Waals surface area contributed by atoms with Crippen molar-refractivity contribution in [1.82, 2.24) is 9.55 Å². The first-order chi connectivity index (χ1) is 14.4. The van der Waals surface area contributed by atoms with E-state index in [1.165, 1.54) is 16.5 Å². The maximum Gasteiger partial charge on any atom is 0.137 e. The van der Waals surface area contributed by atoms with Crippen LogP contribution in [0.1, 0.15) is 0 Å². The number of methoxy groups -OCH3 is 1. The van der Waals surface area contributed by atoms with Crippen LogP contribution in [0.4, 0.5) is 0 Å². The molecule has 2 aromatic heterocycles. The fourth-order valence-corrected chi connectivity index (χ4v) is 3.89. The van der Waals surface area contributed by atoms with Crippen molar-refractivity contribution in [2.24, 2.45) is 0 Å². The zero-order valence-corrected chi connectivity index (χ0v) is 16.1. The van der Waals surface area contributed by atoms with Crippen LogP contribution in [0.5, 0.6) is 5.75 Å². The normalized spacial score (nSPS) is 10.9. The first kappa shape index (κ1) is 17.3. The largest absolute Gasteiger partial charge is 0.497 e. The van der Waals surface area contributed by atoms with Crippen molar-refractivity contribution >= 4 is 10.9 Å². The molecule has 0 saturated carbocycles. The molecule has 0 aliphatic carbocycles. The summed E-state index contributed by atoms with van der Waals surface area (Å²) in [5, 5.41) is 1.17. The van der Waals surface area contributed by atoms with Crippen molar-refractivity contribution in [2.75, 3.05) is 7.11 Å². The summed E-state index contributed by atoms with van der Waals surface area (Å²) in [6.07, 6.45) is 1.83. The number of fused-ring (bicyclic) bond motifs is 1. The summed E-state index contributed by atoms with van der Waals surface area (Å²) >= 11 is 0. The second-order valence-electron chi connectivity index (χ2n) is 6.86. The highest BCUT2D eigenvalue weighted by Gasteiger charge is 2.21. The van der Waals surface area contributed by atoms with Gasteiger partial charge in [-0.3, -0.25) is 4.57 Å². The lowest BCUT2D eigenvalue weighted by atomic mass is 9.98. The Hall–Kier alpha value is -3.85. The van der Waals surface area contributed by atoms with E-state index in [1.807, 2.05) is 42.6 Å². The molecule has 29 heavy (non-hydrogen) atoms. The van der Waals surface area contributed by atoms with Crippen LogP contribution in [0.3, 0.4) is 0 Å². The highest BCUT2D eigenvalue weighted by Crippen LogP contribution is 2.43. The molecule has 0 aliphatic rings. The Kier molecular flexibility index (Phi) is 4.34. The van der Waals surface area contributed by atoms with Crippen LogP contribution < -0.4 is 4.74 Å².